The molecule has 0 unspecified atom stereocenters. The molecular weight excluding hydrogens is 308 g/mol. The second-order valence-corrected chi connectivity index (χ2v) is 6.65. The Morgan fingerprint density at radius 1 is 1.43 bits per heavy atom. The summed E-state index contributed by atoms with van der Waals surface area (Å²) in [6, 6.07) is 7.12. The maximum Gasteiger partial charge on any atom is 0.251 e. The first-order chi connectivity index (χ1) is 9.99. The van der Waals surface area contributed by atoms with Crippen LogP contribution in [0, 0.1) is 0 Å². The van der Waals surface area contributed by atoms with E-state index < -0.39 is 0 Å². The molecule has 0 aliphatic heterocycles. The van der Waals surface area contributed by atoms with E-state index >= 15 is 0 Å². The van der Waals surface area contributed by atoms with Crippen molar-refractivity contribution in [1.29, 1.82) is 0 Å². The van der Waals surface area contributed by atoms with Crippen molar-refractivity contribution in [2.75, 3.05) is 5.43 Å². The van der Waals surface area contributed by atoms with Crippen LogP contribution in [0.25, 0.3) is 0 Å². The number of rotatable bonds is 5. The van der Waals surface area contributed by atoms with Crippen molar-refractivity contribution in [2.24, 2.45) is 5.84 Å². The number of nitrogens with one attached hydrogen (secondary N) is 2. The summed E-state index contributed by atoms with van der Waals surface area (Å²) in [6.07, 6.45) is 0. The van der Waals surface area contributed by atoms with E-state index in [4.69, 9.17) is 17.4 Å². The summed E-state index contributed by atoms with van der Waals surface area (Å²) in [5.74, 6) is 5.92. The van der Waals surface area contributed by atoms with E-state index in [-0.39, 0.29) is 11.8 Å². The van der Waals surface area contributed by atoms with Crippen molar-refractivity contribution in [1.82, 2.24) is 10.3 Å². The van der Waals surface area contributed by atoms with Crippen molar-refractivity contribution in [2.45, 2.75) is 26.3 Å². The lowest BCUT2D eigenvalue weighted by Gasteiger charge is -2.11. The van der Waals surface area contributed by atoms with Crippen molar-refractivity contribution < 1.29 is 4.79 Å². The second kappa shape index (κ2) is 6.89. The minimum atomic E-state index is -0.166. The van der Waals surface area contributed by atoms with Gasteiger partial charge in [-0.1, -0.05) is 25.4 Å². The summed E-state index contributed by atoms with van der Waals surface area (Å²) in [7, 11) is 0. The summed E-state index contributed by atoms with van der Waals surface area (Å²) >= 11 is 7.31. The molecular formula is C14H17ClN4OS. The van der Waals surface area contributed by atoms with Crippen LogP contribution in [-0.4, -0.2) is 10.9 Å². The van der Waals surface area contributed by atoms with Gasteiger partial charge in [0.1, 0.15) is 5.82 Å². The molecule has 21 heavy (non-hydrogen) atoms. The minimum Gasteiger partial charge on any atom is -0.347 e. The Labute approximate surface area is 132 Å². The highest BCUT2D eigenvalue weighted by Crippen LogP contribution is 2.21. The van der Waals surface area contributed by atoms with Crippen molar-refractivity contribution in [3.05, 3.63) is 44.7 Å². The van der Waals surface area contributed by atoms with Crippen LogP contribution in [-0.2, 0) is 6.54 Å². The predicted octanol–water partition coefficient (Wildman–Crippen LogP) is 3.14. The Bertz CT molecular complexity index is 642. The molecule has 0 saturated heterocycles. The van der Waals surface area contributed by atoms with E-state index in [0.29, 0.717) is 22.3 Å². The fourth-order valence-electron chi connectivity index (χ4n) is 1.77. The monoisotopic (exact) mass is 324 g/mol. The first-order valence-corrected chi connectivity index (χ1v) is 7.70. The third-order valence-corrected chi connectivity index (χ3v) is 4.13. The fraction of sp³-hybridized carbons (Fsp3) is 0.286. The molecule has 0 aliphatic rings. The zero-order chi connectivity index (χ0) is 15.4. The van der Waals surface area contributed by atoms with Gasteiger partial charge in [-0.25, -0.2) is 10.8 Å². The molecule has 2 aromatic rings. The minimum absolute atomic E-state index is 0.166. The van der Waals surface area contributed by atoms with E-state index in [0.717, 1.165) is 10.6 Å². The second-order valence-electron chi connectivity index (χ2n) is 4.85. The average molecular weight is 325 g/mol. The molecule has 2 rings (SSSR count). The number of nitrogens with zero attached hydrogens (tertiary/aromatic N) is 1. The van der Waals surface area contributed by atoms with Gasteiger partial charge in [0, 0.05) is 16.1 Å². The van der Waals surface area contributed by atoms with Gasteiger partial charge in [0.05, 0.1) is 10.9 Å². The number of anilines is 1. The molecule has 0 aromatic carbocycles. The number of amides is 1. The molecule has 2 heterocycles. The number of pyridine rings is 1. The van der Waals surface area contributed by atoms with Crippen LogP contribution in [0.1, 0.15) is 40.7 Å². The van der Waals surface area contributed by atoms with Crippen LogP contribution in [0.5, 0.6) is 0 Å². The van der Waals surface area contributed by atoms with Gasteiger partial charge in [0.15, 0.2) is 0 Å². The number of hydrogen-bond donors (Lipinski definition) is 3. The maximum absolute atomic E-state index is 12.2. The molecule has 0 bridgehead atoms. The Hall–Kier alpha value is -1.63. The highest BCUT2D eigenvalue weighted by molar-refractivity contribution is 7.16. The number of nitrogens with two attached hydrogens (primary N) is 1. The number of halogens is 1. The van der Waals surface area contributed by atoms with E-state index in [1.54, 1.807) is 12.1 Å². The normalized spacial score (nSPS) is 10.7. The number of hydrogen-bond acceptors (Lipinski definition) is 5. The number of carbonyl (C=O) groups is 1. The molecule has 1 amide bonds. The molecule has 0 spiro atoms. The molecule has 0 aliphatic carbocycles. The van der Waals surface area contributed by atoms with Crippen molar-refractivity contribution in [3.63, 3.8) is 0 Å². The number of aromatic nitrogens is 1. The van der Waals surface area contributed by atoms with Crippen LogP contribution < -0.4 is 16.6 Å². The van der Waals surface area contributed by atoms with Gasteiger partial charge in [-0.2, -0.15) is 0 Å². The largest absolute Gasteiger partial charge is 0.347 e. The van der Waals surface area contributed by atoms with E-state index in [9.17, 15) is 4.79 Å². The highest BCUT2D eigenvalue weighted by Gasteiger charge is 2.12. The van der Waals surface area contributed by atoms with E-state index in [1.165, 1.54) is 11.3 Å². The summed E-state index contributed by atoms with van der Waals surface area (Å²) in [5.41, 5.74) is 3.83. The number of nitrogen functional groups attached to an aromatic ring is 1. The van der Waals surface area contributed by atoms with Crippen LogP contribution in [0.2, 0.25) is 4.34 Å². The van der Waals surface area contributed by atoms with E-state index in [2.05, 4.69) is 15.7 Å². The van der Waals surface area contributed by atoms with Crippen LogP contribution in [0.3, 0.4) is 0 Å². The fourth-order valence-corrected chi connectivity index (χ4v) is 2.80. The molecule has 0 atom stereocenters. The molecule has 0 saturated carbocycles. The predicted molar refractivity (Wildman–Crippen MR) is 86.6 cm³/mol. The molecule has 0 fully saturated rings. The molecule has 112 valence electrons. The standard InChI is InChI=1S/C14H17ClN4OS/c1-8(2)11-5-9(6-13(18-11)19-16)14(20)17-7-10-3-4-12(15)21-10/h3-6,8H,7,16H2,1-2H3,(H,17,20)(H,18,19). The van der Waals surface area contributed by atoms with Gasteiger partial charge in [-0.05, 0) is 30.2 Å². The van der Waals surface area contributed by atoms with Crippen LogP contribution in [0.15, 0.2) is 24.3 Å². The smallest absolute Gasteiger partial charge is 0.251 e. The molecule has 0 radical (unpaired) electrons. The first kappa shape index (κ1) is 15.8. The molecule has 7 heteroatoms. The number of carbonyl (C=O) groups excluding carboxylic acids is 1. The van der Waals surface area contributed by atoms with Gasteiger partial charge >= 0.3 is 0 Å². The van der Waals surface area contributed by atoms with Crippen LogP contribution in [0.4, 0.5) is 5.82 Å². The Morgan fingerprint density at radius 2 is 2.19 bits per heavy atom. The van der Waals surface area contributed by atoms with Crippen molar-refractivity contribution >= 4 is 34.7 Å². The zero-order valence-corrected chi connectivity index (χ0v) is 13.4. The third kappa shape index (κ3) is 4.17. The van der Waals surface area contributed by atoms with Crippen LogP contribution >= 0.6 is 22.9 Å². The maximum atomic E-state index is 12.2. The van der Waals surface area contributed by atoms with E-state index in [1.807, 2.05) is 26.0 Å². The Balaban J connectivity index is 2.12. The third-order valence-electron chi connectivity index (χ3n) is 2.90. The number of hydrazine groups is 1. The number of thiophene rings is 1. The highest BCUT2D eigenvalue weighted by atomic mass is 35.5. The van der Waals surface area contributed by atoms with Gasteiger partial charge < -0.3 is 10.7 Å². The Kier molecular flexibility index (Phi) is 5.17. The summed E-state index contributed by atoms with van der Waals surface area (Å²) in [5, 5.41) is 2.86. The van der Waals surface area contributed by atoms with Gasteiger partial charge in [0.2, 0.25) is 0 Å². The average Bonchev–Trinajstić information content (AvgIpc) is 2.89. The molecule has 4 N–H and O–H groups in total. The lowest BCUT2D eigenvalue weighted by Crippen LogP contribution is -2.23. The lowest BCUT2D eigenvalue weighted by atomic mass is 10.1. The quantitative estimate of drug-likeness (QED) is 0.583. The molecule has 5 nitrogen and oxygen atoms in total. The van der Waals surface area contributed by atoms with Gasteiger partial charge in [-0.15, -0.1) is 11.3 Å². The topological polar surface area (TPSA) is 80.0 Å². The molecule has 2 aromatic heterocycles. The first-order valence-electron chi connectivity index (χ1n) is 6.50. The van der Waals surface area contributed by atoms with Gasteiger partial charge in [-0.3, -0.25) is 4.79 Å². The SMILES string of the molecule is CC(C)c1cc(C(=O)NCc2ccc(Cl)s2)cc(NN)n1. The zero-order valence-electron chi connectivity index (χ0n) is 11.8. The summed E-state index contributed by atoms with van der Waals surface area (Å²) < 4.78 is 0.708. The summed E-state index contributed by atoms with van der Waals surface area (Å²) in [4.78, 5) is 17.6. The van der Waals surface area contributed by atoms with Crippen molar-refractivity contribution in [3.8, 4) is 0 Å². The Morgan fingerprint density at radius 3 is 2.76 bits per heavy atom. The lowest BCUT2D eigenvalue weighted by molar-refractivity contribution is 0.0951. The summed E-state index contributed by atoms with van der Waals surface area (Å²) in [6.45, 7) is 4.47. The van der Waals surface area contributed by atoms with Gasteiger partial charge in [0.25, 0.3) is 5.91 Å².